The highest BCUT2D eigenvalue weighted by Gasteiger charge is 2.27. The van der Waals surface area contributed by atoms with Gasteiger partial charge >= 0.3 is 7.82 Å². The smallest absolute Gasteiger partial charge is 0.328 e. The molecule has 0 aliphatic carbocycles. The molecule has 1 aliphatic rings. The monoisotopic (exact) mass is 462 g/mol. The number of hydrogen-bond donors (Lipinski definition) is 1. The predicted octanol–water partition coefficient (Wildman–Crippen LogP) is 7.48. The summed E-state index contributed by atoms with van der Waals surface area (Å²) < 4.78 is 23.4. The third-order valence-corrected chi connectivity index (χ3v) is 7.84. The zero-order chi connectivity index (χ0) is 22.8. The van der Waals surface area contributed by atoms with Crippen molar-refractivity contribution in [1.29, 1.82) is 0 Å². The van der Waals surface area contributed by atoms with Gasteiger partial charge in [-0.1, -0.05) is 90.4 Å². The summed E-state index contributed by atoms with van der Waals surface area (Å²) in [6.45, 7) is 5.27. The lowest BCUT2D eigenvalue weighted by molar-refractivity contribution is -0.896. The molecular formula is C25H53NO4P+. The number of hydrogen-bond acceptors (Lipinski definition) is 3. The van der Waals surface area contributed by atoms with Crippen LogP contribution in [0.1, 0.15) is 116 Å². The Morgan fingerprint density at radius 1 is 0.742 bits per heavy atom. The van der Waals surface area contributed by atoms with Crippen LogP contribution in [0.25, 0.3) is 0 Å². The highest BCUT2D eigenvalue weighted by molar-refractivity contribution is 7.47. The van der Waals surface area contributed by atoms with Gasteiger partial charge < -0.3 is 9.38 Å². The molecule has 0 saturated carbocycles. The first kappa shape index (κ1) is 29.1. The van der Waals surface area contributed by atoms with Crippen molar-refractivity contribution in [3.05, 3.63) is 0 Å². The van der Waals surface area contributed by atoms with E-state index in [9.17, 15) is 9.46 Å². The van der Waals surface area contributed by atoms with Gasteiger partial charge in [-0.3, -0.25) is 9.05 Å². The van der Waals surface area contributed by atoms with Crippen LogP contribution in [0, 0.1) is 5.92 Å². The average molecular weight is 463 g/mol. The van der Waals surface area contributed by atoms with E-state index in [-0.39, 0.29) is 0 Å². The zero-order valence-corrected chi connectivity index (χ0v) is 21.9. The topological polar surface area (TPSA) is 55.8 Å². The number of quaternary nitrogens is 1. The number of piperidine rings is 1. The van der Waals surface area contributed by atoms with E-state index in [4.69, 9.17) is 9.05 Å². The summed E-state index contributed by atoms with van der Waals surface area (Å²) >= 11 is 0. The molecule has 1 unspecified atom stereocenters. The molecule has 0 radical (unpaired) electrons. The van der Waals surface area contributed by atoms with E-state index >= 15 is 0 Å². The van der Waals surface area contributed by atoms with Crippen LogP contribution < -0.4 is 0 Å². The number of nitrogens with zero attached hydrogens (tertiary/aromatic N) is 1. The van der Waals surface area contributed by atoms with Gasteiger partial charge in [0.2, 0.25) is 0 Å². The number of unbranched alkanes of at least 4 members (excludes halogenated alkanes) is 13. The maximum Gasteiger partial charge on any atom is 0.472 e. The Morgan fingerprint density at radius 2 is 1.16 bits per heavy atom. The SMILES string of the molecule is CCCCCCCCCCCCCCCCOP(=O)(O)OCCC1CC[N+](C)(C)CC1. The first-order valence-electron chi connectivity index (χ1n) is 13.3. The van der Waals surface area contributed by atoms with Crippen LogP contribution in [0.5, 0.6) is 0 Å². The number of rotatable bonds is 20. The Morgan fingerprint density at radius 3 is 1.65 bits per heavy atom. The minimum atomic E-state index is -3.88. The van der Waals surface area contributed by atoms with E-state index in [1.807, 2.05) is 0 Å². The van der Waals surface area contributed by atoms with Crippen LogP contribution in [-0.2, 0) is 13.6 Å². The van der Waals surface area contributed by atoms with Gasteiger partial charge in [-0.05, 0) is 31.6 Å². The molecule has 186 valence electrons. The van der Waals surface area contributed by atoms with Crippen molar-refractivity contribution in [1.82, 2.24) is 0 Å². The van der Waals surface area contributed by atoms with Gasteiger partial charge in [0, 0.05) is 0 Å². The Bertz CT molecular complexity index is 462. The van der Waals surface area contributed by atoms with E-state index < -0.39 is 7.82 Å². The Labute approximate surface area is 193 Å². The number of phosphoric ester groups is 1. The van der Waals surface area contributed by atoms with Crippen LogP contribution >= 0.6 is 7.82 Å². The highest BCUT2D eigenvalue weighted by Crippen LogP contribution is 2.43. The van der Waals surface area contributed by atoms with Gasteiger partial charge in [-0.2, -0.15) is 0 Å². The third kappa shape index (κ3) is 17.2. The molecule has 1 N–H and O–H groups in total. The molecule has 1 heterocycles. The quantitative estimate of drug-likeness (QED) is 0.116. The van der Waals surface area contributed by atoms with E-state index in [0.717, 1.165) is 23.7 Å². The highest BCUT2D eigenvalue weighted by atomic mass is 31.2. The first-order chi connectivity index (χ1) is 14.8. The van der Waals surface area contributed by atoms with Gasteiger partial charge in [-0.25, -0.2) is 4.57 Å². The number of likely N-dealkylation sites (tertiary alicyclic amines) is 1. The molecule has 0 aromatic heterocycles. The van der Waals surface area contributed by atoms with Gasteiger partial charge in [0.15, 0.2) is 0 Å². The van der Waals surface area contributed by atoms with Crippen molar-refractivity contribution in [3.8, 4) is 0 Å². The lowest BCUT2D eigenvalue weighted by Gasteiger charge is -2.37. The zero-order valence-electron chi connectivity index (χ0n) is 21.0. The first-order valence-corrected chi connectivity index (χ1v) is 14.8. The molecule has 5 nitrogen and oxygen atoms in total. The summed E-state index contributed by atoms with van der Waals surface area (Å²) in [5, 5.41) is 0. The predicted molar refractivity (Wildman–Crippen MR) is 131 cm³/mol. The fourth-order valence-electron chi connectivity index (χ4n) is 4.46. The van der Waals surface area contributed by atoms with E-state index in [1.54, 1.807) is 0 Å². The Balaban J connectivity index is 1.85. The molecule has 0 spiro atoms. The van der Waals surface area contributed by atoms with Gasteiger partial charge in [-0.15, -0.1) is 0 Å². The van der Waals surface area contributed by atoms with Crippen LogP contribution in [0.4, 0.5) is 0 Å². The van der Waals surface area contributed by atoms with Crippen molar-refractivity contribution >= 4 is 7.82 Å². The molecular weight excluding hydrogens is 409 g/mol. The second-order valence-corrected chi connectivity index (χ2v) is 11.8. The average Bonchev–Trinajstić information content (AvgIpc) is 2.72. The standard InChI is InChI=1S/C25H52NO4P/c1-4-5-6-7-8-9-10-11-12-13-14-15-16-17-23-29-31(27,28)30-24-20-25-18-21-26(2,3)22-19-25/h25H,4-24H2,1-3H3/p+1. The summed E-state index contributed by atoms with van der Waals surface area (Å²) in [5.41, 5.74) is 0. The molecule has 1 atom stereocenters. The minimum absolute atomic E-state index is 0.320. The maximum atomic E-state index is 12.0. The largest absolute Gasteiger partial charge is 0.472 e. The van der Waals surface area contributed by atoms with Crippen LogP contribution in [-0.4, -0.2) is 49.8 Å². The molecule has 31 heavy (non-hydrogen) atoms. The van der Waals surface area contributed by atoms with Gasteiger partial charge in [0.1, 0.15) is 0 Å². The lowest BCUT2D eigenvalue weighted by atomic mass is 9.93. The molecule has 0 amide bonds. The van der Waals surface area contributed by atoms with Crippen molar-refractivity contribution in [2.45, 2.75) is 116 Å². The maximum absolute atomic E-state index is 12.0. The molecule has 0 bridgehead atoms. The molecule has 1 fully saturated rings. The fourth-order valence-corrected chi connectivity index (χ4v) is 5.23. The van der Waals surface area contributed by atoms with E-state index in [1.165, 1.54) is 103 Å². The Kier molecular flexibility index (Phi) is 16.5. The lowest BCUT2D eigenvalue weighted by Crippen LogP contribution is -2.46. The van der Waals surface area contributed by atoms with Crippen molar-refractivity contribution in [2.75, 3.05) is 40.4 Å². The van der Waals surface area contributed by atoms with E-state index in [2.05, 4.69) is 21.0 Å². The minimum Gasteiger partial charge on any atom is -0.328 e. The summed E-state index contributed by atoms with van der Waals surface area (Å²) in [6, 6.07) is 0. The van der Waals surface area contributed by atoms with Gasteiger partial charge in [0.05, 0.1) is 40.4 Å². The van der Waals surface area contributed by atoms with E-state index in [0.29, 0.717) is 19.1 Å². The molecule has 1 aliphatic heterocycles. The normalized spacial score (nSPS) is 18.8. The summed E-state index contributed by atoms with van der Waals surface area (Å²) in [6.07, 6.45) is 21.4. The second-order valence-electron chi connectivity index (χ2n) is 10.3. The van der Waals surface area contributed by atoms with Crippen molar-refractivity contribution in [3.63, 3.8) is 0 Å². The molecule has 6 heteroatoms. The molecule has 1 saturated heterocycles. The summed E-state index contributed by atoms with van der Waals surface area (Å²) in [5.74, 6) is 0.608. The van der Waals surface area contributed by atoms with Gasteiger partial charge in [0.25, 0.3) is 0 Å². The summed E-state index contributed by atoms with van der Waals surface area (Å²) in [4.78, 5) is 9.84. The molecule has 1 rings (SSSR count). The Hall–Kier alpha value is 0.0700. The van der Waals surface area contributed by atoms with Crippen LogP contribution in [0.2, 0.25) is 0 Å². The fraction of sp³-hybridized carbons (Fsp3) is 1.00. The number of phosphoric acid groups is 1. The third-order valence-electron chi connectivity index (χ3n) is 6.82. The van der Waals surface area contributed by atoms with Crippen molar-refractivity contribution < 1.29 is 23.0 Å². The molecule has 0 aromatic rings. The molecule has 0 aromatic carbocycles. The second kappa shape index (κ2) is 17.5. The van der Waals surface area contributed by atoms with Crippen molar-refractivity contribution in [2.24, 2.45) is 5.92 Å². The summed E-state index contributed by atoms with van der Waals surface area (Å²) in [7, 11) is 0.651. The van der Waals surface area contributed by atoms with Crippen LogP contribution in [0.15, 0.2) is 0 Å². The van der Waals surface area contributed by atoms with Crippen LogP contribution in [0.3, 0.4) is 0 Å².